The van der Waals surface area contributed by atoms with Gasteiger partial charge in [-0.2, -0.15) is 0 Å². The second kappa shape index (κ2) is 3.75. The number of aliphatic hydroxyl groups excluding tert-OH is 1. The summed E-state index contributed by atoms with van der Waals surface area (Å²) in [5.41, 5.74) is -1.26. The van der Waals surface area contributed by atoms with Gasteiger partial charge in [0, 0.05) is 22.7 Å². The van der Waals surface area contributed by atoms with E-state index in [9.17, 15) is 14.7 Å². The summed E-state index contributed by atoms with van der Waals surface area (Å²) in [6.07, 6.45) is 6.82. The zero-order valence-corrected chi connectivity index (χ0v) is 14.0. The van der Waals surface area contributed by atoms with Crippen LogP contribution < -0.4 is 0 Å². The summed E-state index contributed by atoms with van der Waals surface area (Å²) < 4.78 is 0. The molecule has 6 atom stereocenters. The number of carbonyl (C=O) groups is 2. The van der Waals surface area contributed by atoms with Crippen LogP contribution in [0.1, 0.15) is 53.4 Å². The van der Waals surface area contributed by atoms with Gasteiger partial charge in [-0.3, -0.25) is 9.59 Å². The van der Waals surface area contributed by atoms with Crippen molar-refractivity contribution in [2.75, 3.05) is 0 Å². The van der Waals surface area contributed by atoms with Gasteiger partial charge >= 0.3 is 0 Å². The predicted molar refractivity (Wildman–Crippen MR) is 83.0 cm³/mol. The van der Waals surface area contributed by atoms with E-state index in [4.69, 9.17) is 0 Å². The Balaban J connectivity index is 1.86. The predicted octanol–water partition coefficient (Wildman–Crippen LogP) is 2.91. The maximum Gasteiger partial charge on any atom is 0.167 e. The van der Waals surface area contributed by atoms with E-state index in [-0.39, 0.29) is 34.2 Å². The van der Waals surface area contributed by atoms with Crippen molar-refractivity contribution in [1.82, 2.24) is 0 Å². The fourth-order valence-corrected chi connectivity index (χ4v) is 6.68. The van der Waals surface area contributed by atoms with Gasteiger partial charge in [0.15, 0.2) is 5.78 Å². The molecule has 3 fully saturated rings. The van der Waals surface area contributed by atoms with Crippen molar-refractivity contribution >= 4 is 11.6 Å². The Hall–Kier alpha value is -0.960. The van der Waals surface area contributed by atoms with Gasteiger partial charge in [0.1, 0.15) is 11.9 Å². The zero-order chi connectivity index (χ0) is 16.1. The average Bonchev–Trinajstić information content (AvgIpc) is 2.81. The van der Waals surface area contributed by atoms with Crippen molar-refractivity contribution in [1.29, 1.82) is 0 Å². The fraction of sp³-hybridized carbons (Fsp3) is 0.789. The molecule has 4 aliphatic carbocycles. The molecule has 3 nitrogen and oxygen atoms in total. The van der Waals surface area contributed by atoms with Crippen LogP contribution in [-0.2, 0) is 9.59 Å². The van der Waals surface area contributed by atoms with E-state index >= 15 is 0 Å². The third-order valence-corrected chi connectivity index (χ3v) is 7.94. The Bertz CT molecular complexity index is 618. The molecule has 22 heavy (non-hydrogen) atoms. The van der Waals surface area contributed by atoms with Crippen LogP contribution in [0.4, 0.5) is 0 Å². The summed E-state index contributed by atoms with van der Waals surface area (Å²) in [7, 11) is 0. The maximum absolute atomic E-state index is 12.7. The number of allylic oxidation sites excluding steroid dienone is 2. The third-order valence-electron chi connectivity index (χ3n) is 7.94. The van der Waals surface area contributed by atoms with Gasteiger partial charge in [-0.1, -0.05) is 32.9 Å². The molecule has 0 aromatic heterocycles. The van der Waals surface area contributed by atoms with Crippen molar-refractivity contribution < 1.29 is 14.7 Å². The van der Waals surface area contributed by atoms with E-state index in [0.29, 0.717) is 6.42 Å². The number of carbonyl (C=O) groups excluding carboxylic acids is 2. The molecule has 3 heteroatoms. The van der Waals surface area contributed by atoms with Gasteiger partial charge < -0.3 is 5.11 Å². The lowest BCUT2D eigenvalue weighted by atomic mass is 9.45. The Morgan fingerprint density at radius 3 is 2.45 bits per heavy atom. The summed E-state index contributed by atoms with van der Waals surface area (Å²) in [5, 5.41) is 10.8. The Labute approximate surface area is 132 Å². The standard InChI is InChI=1S/C19H26O3/c1-16(2)11-5-6-19-8-7-17(3,10-19)13(20)9-12(19)18(11,4)15(22)14(16)21/h7-8,11-12,15,22H,5-6,9-10H2,1-4H3/t11-,12+,15+,17-,18-,19+/m1/s1. The summed E-state index contributed by atoms with van der Waals surface area (Å²) in [4.78, 5) is 25.4. The van der Waals surface area contributed by atoms with Gasteiger partial charge in [0.2, 0.25) is 0 Å². The highest BCUT2D eigenvalue weighted by Gasteiger charge is 2.71. The number of ketones is 2. The highest BCUT2D eigenvalue weighted by atomic mass is 16.3. The van der Waals surface area contributed by atoms with Gasteiger partial charge in [-0.25, -0.2) is 0 Å². The van der Waals surface area contributed by atoms with Crippen molar-refractivity contribution in [2.24, 2.45) is 33.5 Å². The van der Waals surface area contributed by atoms with Crippen LogP contribution in [0, 0.1) is 33.5 Å². The SMILES string of the molecule is CC1(C)C(=O)[C@H](O)[C@]2(C)[C@@H]1CC[C@]13C=C[C@](C)(C1)C(=O)C[C@H]32. The zero-order valence-electron chi connectivity index (χ0n) is 14.0. The molecular formula is C19H26O3. The molecule has 0 aromatic rings. The Morgan fingerprint density at radius 1 is 1.09 bits per heavy atom. The minimum atomic E-state index is -0.930. The van der Waals surface area contributed by atoms with Crippen LogP contribution >= 0.6 is 0 Å². The molecule has 1 spiro atoms. The number of fused-ring (bicyclic) bond motifs is 3. The topological polar surface area (TPSA) is 54.4 Å². The lowest BCUT2D eigenvalue weighted by Gasteiger charge is -2.58. The summed E-state index contributed by atoms with van der Waals surface area (Å²) >= 11 is 0. The van der Waals surface area contributed by atoms with Crippen molar-refractivity contribution in [3.05, 3.63) is 12.2 Å². The monoisotopic (exact) mass is 302 g/mol. The largest absolute Gasteiger partial charge is 0.385 e. The second-order valence-corrected chi connectivity index (χ2v) is 9.29. The van der Waals surface area contributed by atoms with Crippen molar-refractivity contribution in [2.45, 2.75) is 59.5 Å². The normalized spacial score (nSPS) is 55.2. The van der Waals surface area contributed by atoms with Gasteiger partial charge in [-0.05, 0) is 43.4 Å². The molecule has 3 saturated carbocycles. The van der Waals surface area contributed by atoms with Crippen LogP contribution in [0.2, 0.25) is 0 Å². The molecule has 0 aromatic carbocycles. The smallest absolute Gasteiger partial charge is 0.167 e. The highest BCUT2D eigenvalue weighted by Crippen LogP contribution is 2.71. The average molecular weight is 302 g/mol. The number of rotatable bonds is 0. The maximum atomic E-state index is 12.7. The fourth-order valence-electron chi connectivity index (χ4n) is 6.68. The van der Waals surface area contributed by atoms with Gasteiger partial charge in [-0.15, -0.1) is 0 Å². The Kier molecular flexibility index (Phi) is 2.49. The number of hydrogen-bond donors (Lipinski definition) is 1. The van der Waals surface area contributed by atoms with E-state index in [1.807, 2.05) is 20.8 Å². The van der Waals surface area contributed by atoms with Gasteiger partial charge in [0.05, 0.1) is 0 Å². The van der Waals surface area contributed by atoms with Crippen LogP contribution in [-0.4, -0.2) is 22.8 Å². The van der Waals surface area contributed by atoms with E-state index in [1.54, 1.807) is 0 Å². The van der Waals surface area contributed by atoms with E-state index < -0.39 is 16.9 Å². The minimum absolute atomic E-state index is 0.00951. The third kappa shape index (κ3) is 1.34. The molecule has 0 aliphatic heterocycles. The molecule has 4 rings (SSSR count). The number of Topliss-reactive ketones (excluding diaryl/α,β-unsaturated/α-hetero) is 2. The Morgan fingerprint density at radius 2 is 1.77 bits per heavy atom. The lowest BCUT2D eigenvalue weighted by molar-refractivity contribution is -0.153. The number of hydrogen-bond acceptors (Lipinski definition) is 3. The van der Waals surface area contributed by atoms with Crippen LogP contribution in [0.5, 0.6) is 0 Å². The molecule has 2 bridgehead atoms. The van der Waals surface area contributed by atoms with Crippen molar-refractivity contribution in [3.63, 3.8) is 0 Å². The lowest BCUT2D eigenvalue weighted by Crippen LogP contribution is -2.56. The molecule has 0 radical (unpaired) electrons. The van der Waals surface area contributed by atoms with Crippen LogP contribution in [0.15, 0.2) is 12.2 Å². The molecular weight excluding hydrogens is 276 g/mol. The second-order valence-electron chi connectivity index (χ2n) is 9.29. The first-order valence-corrected chi connectivity index (χ1v) is 8.54. The highest BCUT2D eigenvalue weighted by molar-refractivity contribution is 5.93. The molecule has 0 amide bonds. The summed E-state index contributed by atoms with van der Waals surface area (Å²) in [5.74, 6) is 0.524. The molecule has 1 N–H and O–H groups in total. The number of aliphatic hydroxyl groups is 1. The molecule has 0 saturated heterocycles. The first-order valence-electron chi connectivity index (χ1n) is 8.54. The quantitative estimate of drug-likeness (QED) is 0.700. The van der Waals surface area contributed by atoms with E-state index in [1.165, 1.54) is 0 Å². The minimum Gasteiger partial charge on any atom is -0.385 e. The first-order chi connectivity index (χ1) is 10.1. The first kappa shape index (κ1) is 14.6. The van der Waals surface area contributed by atoms with E-state index in [2.05, 4.69) is 19.1 Å². The molecule has 0 unspecified atom stereocenters. The molecule has 120 valence electrons. The summed E-state index contributed by atoms with van der Waals surface area (Å²) in [6.45, 7) is 8.07. The summed E-state index contributed by atoms with van der Waals surface area (Å²) in [6, 6.07) is 0. The molecule has 4 aliphatic rings. The van der Waals surface area contributed by atoms with Crippen LogP contribution in [0.3, 0.4) is 0 Å². The molecule has 0 heterocycles. The van der Waals surface area contributed by atoms with Crippen LogP contribution in [0.25, 0.3) is 0 Å². The van der Waals surface area contributed by atoms with Gasteiger partial charge in [0.25, 0.3) is 0 Å². The van der Waals surface area contributed by atoms with Crippen molar-refractivity contribution in [3.8, 4) is 0 Å². The van der Waals surface area contributed by atoms with E-state index in [0.717, 1.165) is 19.3 Å².